The average Bonchev–Trinajstić information content (AvgIpc) is 2.44. The highest BCUT2D eigenvalue weighted by molar-refractivity contribution is 6.07. The number of ether oxygens (including phenoxy) is 2. The quantitative estimate of drug-likeness (QED) is 0.305. The van der Waals surface area contributed by atoms with Gasteiger partial charge in [0, 0.05) is 12.2 Å². The van der Waals surface area contributed by atoms with Gasteiger partial charge in [-0.3, -0.25) is 4.79 Å². The maximum absolute atomic E-state index is 11.7. The molecular formula is C12H17N3O4. The minimum atomic E-state index is -0.349. The molecule has 0 heterocycles. The second-order valence-corrected chi connectivity index (χ2v) is 3.55. The summed E-state index contributed by atoms with van der Waals surface area (Å²) in [7, 11) is 1.46. The Hall–Kier alpha value is -2.28. The van der Waals surface area contributed by atoms with Crippen LogP contribution in [0.4, 0.5) is 5.69 Å². The summed E-state index contributed by atoms with van der Waals surface area (Å²) in [6.07, 6.45) is 0. The number of hydrogen-bond donors (Lipinski definition) is 3. The summed E-state index contributed by atoms with van der Waals surface area (Å²) in [5.41, 5.74) is 6.26. The van der Waals surface area contributed by atoms with Crippen molar-refractivity contribution in [2.45, 2.75) is 6.92 Å². The Labute approximate surface area is 111 Å². The molecule has 1 aromatic carbocycles. The molecule has 0 aromatic heterocycles. The van der Waals surface area contributed by atoms with E-state index < -0.39 is 0 Å². The van der Waals surface area contributed by atoms with E-state index in [4.69, 9.17) is 20.4 Å². The molecule has 104 valence electrons. The van der Waals surface area contributed by atoms with Crippen LogP contribution in [0.1, 0.15) is 12.5 Å². The molecule has 0 aliphatic rings. The molecule has 0 atom stereocenters. The molecule has 7 nitrogen and oxygen atoms in total. The predicted octanol–water partition coefficient (Wildman–Crippen LogP) is 0.765. The van der Waals surface area contributed by atoms with Gasteiger partial charge in [-0.05, 0) is 19.1 Å². The highest BCUT2D eigenvalue weighted by Gasteiger charge is 2.15. The SMILES string of the molecule is CCOCC(=O)Nc1c(OC)cccc1/C(N)=N/O. The zero-order chi connectivity index (χ0) is 14.3. The second-order valence-electron chi connectivity index (χ2n) is 3.55. The molecule has 0 spiro atoms. The Morgan fingerprint density at radius 3 is 2.84 bits per heavy atom. The molecule has 19 heavy (non-hydrogen) atoms. The van der Waals surface area contributed by atoms with Crippen LogP contribution in [0.25, 0.3) is 0 Å². The number of hydrogen-bond acceptors (Lipinski definition) is 5. The molecule has 1 aromatic rings. The van der Waals surface area contributed by atoms with Crippen LogP contribution >= 0.6 is 0 Å². The minimum absolute atomic E-state index is 0.0792. The van der Waals surface area contributed by atoms with Gasteiger partial charge in [0.2, 0.25) is 5.91 Å². The molecule has 0 radical (unpaired) electrons. The number of para-hydroxylation sites is 1. The maximum atomic E-state index is 11.7. The van der Waals surface area contributed by atoms with Crippen LogP contribution in [-0.4, -0.2) is 37.3 Å². The zero-order valence-electron chi connectivity index (χ0n) is 10.8. The van der Waals surface area contributed by atoms with E-state index in [1.807, 2.05) is 0 Å². The summed E-state index contributed by atoms with van der Waals surface area (Å²) in [6.45, 7) is 2.15. The van der Waals surface area contributed by atoms with E-state index in [-0.39, 0.29) is 18.3 Å². The lowest BCUT2D eigenvalue weighted by Crippen LogP contribution is -2.22. The van der Waals surface area contributed by atoms with Crippen molar-refractivity contribution in [1.82, 2.24) is 0 Å². The first-order chi connectivity index (χ1) is 9.13. The molecule has 1 amide bonds. The summed E-state index contributed by atoms with van der Waals surface area (Å²) >= 11 is 0. The van der Waals surface area contributed by atoms with Gasteiger partial charge in [-0.15, -0.1) is 0 Å². The second kappa shape index (κ2) is 7.22. The summed E-state index contributed by atoms with van der Waals surface area (Å²) in [6, 6.07) is 4.93. The Balaban J connectivity index is 3.05. The minimum Gasteiger partial charge on any atom is -0.495 e. The largest absolute Gasteiger partial charge is 0.495 e. The fourth-order valence-corrected chi connectivity index (χ4v) is 1.47. The van der Waals surface area contributed by atoms with Crippen LogP contribution < -0.4 is 15.8 Å². The lowest BCUT2D eigenvalue weighted by molar-refractivity contribution is -0.120. The Bertz CT molecular complexity index is 474. The fraction of sp³-hybridized carbons (Fsp3) is 0.333. The predicted molar refractivity (Wildman–Crippen MR) is 70.6 cm³/mol. The molecule has 0 bridgehead atoms. The van der Waals surface area contributed by atoms with E-state index in [9.17, 15) is 4.79 Å². The molecular weight excluding hydrogens is 250 g/mol. The Kier molecular flexibility index (Phi) is 5.62. The lowest BCUT2D eigenvalue weighted by Gasteiger charge is -2.14. The maximum Gasteiger partial charge on any atom is 0.250 e. The number of benzene rings is 1. The Morgan fingerprint density at radius 1 is 1.53 bits per heavy atom. The van der Waals surface area contributed by atoms with Gasteiger partial charge in [-0.25, -0.2) is 0 Å². The van der Waals surface area contributed by atoms with Crippen LogP contribution in [0.2, 0.25) is 0 Å². The van der Waals surface area contributed by atoms with Crippen LogP contribution in [0, 0.1) is 0 Å². The third kappa shape index (κ3) is 3.85. The van der Waals surface area contributed by atoms with Gasteiger partial charge >= 0.3 is 0 Å². The number of nitrogens with zero attached hydrogens (tertiary/aromatic N) is 1. The van der Waals surface area contributed by atoms with E-state index in [1.165, 1.54) is 7.11 Å². The van der Waals surface area contributed by atoms with Crippen molar-refractivity contribution in [1.29, 1.82) is 0 Å². The number of carbonyl (C=O) groups is 1. The molecule has 7 heteroatoms. The normalized spacial score (nSPS) is 11.2. The summed E-state index contributed by atoms with van der Waals surface area (Å²) in [4.78, 5) is 11.7. The van der Waals surface area contributed by atoms with Crippen molar-refractivity contribution in [3.63, 3.8) is 0 Å². The highest BCUT2D eigenvalue weighted by Crippen LogP contribution is 2.28. The van der Waals surface area contributed by atoms with Gasteiger partial charge in [0.1, 0.15) is 12.4 Å². The van der Waals surface area contributed by atoms with Crippen molar-refractivity contribution in [2.75, 3.05) is 25.6 Å². The van der Waals surface area contributed by atoms with Crippen molar-refractivity contribution < 1.29 is 19.5 Å². The monoisotopic (exact) mass is 267 g/mol. The van der Waals surface area contributed by atoms with E-state index in [1.54, 1.807) is 25.1 Å². The van der Waals surface area contributed by atoms with Gasteiger partial charge in [0.25, 0.3) is 0 Å². The van der Waals surface area contributed by atoms with Crippen LogP contribution in [0.3, 0.4) is 0 Å². The van der Waals surface area contributed by atoms with Gasteiger partial charge in [-0.2, -0.15) is 0 Å². The number of amidine groups is 1. The first-order valence-corrected chi connectivity index (χ1v) is 5.66. The molecule has 0 aliphatic heterocycles. The van der Waals surface area contributed by atoms with E-state index in [2.05, 4.69) is 10.5 Å². The third-order valence-electron chi connectivity index (χ3n) is 2.33. The number of amides is 1. The third-order valence-corrected chi connectivity index (χ3v) is 2.33. The number of nitrogens with two attached hydrogens (primary N) is 1. The Morgan fingerprint density at radius 2 is 2.26 bits per heavy atom. The first-order valence-electron chi connectivity index (χ1n) is 5.66. The number of rotatable bonds is 6. The van der Waals surface area contributed by atoms with E-state index >= 15 is 0 Å². The van der Waals surface area contributed by atoms with Crippen molar-refractivity contribution in [2.24, 2.45) is 10.9 Å². The summed E-state index contributed by atoms with van der Waals surface area (Å²) in [5, 5.41) is 14.3. The molecule has 1 rings (SSSR count). The number of methoxy groups -OCH3 is 1. The first kappa shape index (κ1) is 14.8. The summed E-state index contributed by atoms with van der Waals surface area (Å²) in [5.74, 6) is -0.0575. The van der Waals surface area contributed by atoms with Gasteiger partial charge in [0.05, 0.1) is 12.8 Å². The van der Waals surface area contributed by atoms with Crippen LogP contribution in [0.15, 0.2) is 23.4 Å². The lowest BCUT2D eigenvalue weighted by atomic mass is 10.1. The topological polar surface area (TPSA) is 106 Å². The van der Waals surface area contributed by atoms with Crippen molar-refractivity contribution in [3.05, 3.63) is 23.8 Å². The van der Waals surface area contributed by atoms with E-state index in [0.29, 0.717) is 23.6 Å². The molecule has 0 saturated carbocycles. The molecule has 0 saturated heterocycles. The standard InChI is InChI=1S/C12H17N3O4/c1-3-19-7-10(16)14-11-8(12(13)15-17)5-4-6-9(11)18-2/h4-6,17H,3,7H2,1-2H3,(H2,13,15)(H,14,16). The number of oxime groups is 1. The average molecular weight is 267 g/mol. The molecule has 4 N–H and O–H groups in total. The fourth-order valence-electron chi connectivity index (χ4n) is 1.47. The van der Waals surface area contributed by atoms with Gasteiger partial charge in [0.15, 0.2) is 5.84 Å². The number of nitrogens with one attached hydrogen (secondary N) is 1. The van der Waals surface area contributed by atoms with Crippen molar-refractivity contribution in [3.8, 4) is 5.75 Å². The van der Waals surface area contributed by atoms with Crippen LogP contribution in [0.5, 0.6) is 5.75 Å². The molecule has 0 unspecified atom stereocenters. The zero-order valence-corrected chi connectivity index (χ0v) is 10.8. The summed E-state index contributed by atoms with van der Waals surface area (Å²) < 4.78 is 10.1. The van der Waals surface area contributed by atoms with Gasteiger partial charge < -0.3 is 25.7 Å². The van der Waals surface area contributed by atoms with Crippen molar-refractivity contribution >= 4 is 17.4 Å². The van der Waals surface area contributed by atoms with Crippen LogP contribution in [-0.2, 0) is 9.53 Å². The van der Waals surface area contributed by atoms with Gasteiger partial charge in [-0.1, -0.05) is 11.2 Å². The smallest absolute Gasteiger partial charge is 0.250 e. The number of carbonyl (C=O) groups excluding carboxylic acids is 1. The molecule has 0 fully saturated rings. The molecule has 0 aliphatic carbocycles. The number of anilines is 1. The highest BCUT2D eigenvalue weighted by atomic mass is 16.5. The van der Waals surface area contributed by atoms with E-state index in [0.717, 1.165) is 0 Å².